The van der Waals surface area contributed by atoms with E-state index in [9.17, 15) is 4.79 Å². The second-order valence-electron chi connectivity index (χ2n) is 3.60. The second kappa shape index (κ2) is 5.31. The van der Waals surface area contributed by atoms with Gasteiger partial charge in [0.1, 0.15) is 23.9 Å². The third-order valence-corrected chi connectivity index (χ3v) is 2.47. The van der Waals surface area contributed by atoms with Crippen LogP contribution in [-0.2, 0) is 13.2 Å². The highest BCUT2D eigenvalue weighted by atomic mass is 16.5. The van der Waals surface area contributed by atoms with Crippen molar-refractivity contribution >= 4 is 5.97 Å². The van der Waals surface area contributed by atoms with Gasteiger partial charge in [-0.2, -0.15) is 0 Å². The van der Waals surface area contributed by atoms with Gasteiger partial charge < -0.3 is 14.4 Å². The molecule has 2 aromatic heterocycles. The molecule has 0 aliphatic carbocycles. The first-order valence-corrected chi connectivity index (χ1v) is 5.53. The van der Waals surface area contributed by atoms with Crippen LogP contribution in [0.2, 0.25) is 0 Å². The largest absolute Gasteiger partial charge is 0.484 e. The normalized spacial score (nSPS) is 10.3. The van der Waals surface area contributed by atoms with Gasteiger partial charge in [-0.15, -0.1) is 0 Å². The predicted molar refractivity (Wildman–Crippen MR) is 63.4 cm³/mol. The van der Waals surface area contributed by atoms with E-state index in [1.165, 1.54) is 12.3 Å². The van der Waals surface area contributed by atoms with E-state index in [2.05, 4.69) is 9.97 Å². The quantitative estimate of drug-likeness (QED) is 0.867. The minimum Gasteiger partial charge on any atom is -0.484 e. The summed E-state index contributed by atoms with van der Waals surface area (Å²) >= 11 is 0. The average Bonchev–Trinajstić information content (AvgIpc) is 2.84. The molecule has 0 aliphatic heterocycles. The van der Waals surface area contributed by atoms with Crippen molar-refractivity contribution in [2.75, 3.05) is 0 Å². The van der Waals surface area contributed by atoms with E-state index in [1.807, 2.05) is 17.7 Å². The fourth-order valence-corrected chi connectivity index (χ4v) is 1.51. The number of hydrogen-bond donors (Lipinski definition) is 1. The van der Waals surface area contributed by atoms with Crippen LogP contribution >= 0.6 is 0 Å². The number of ether oxygens (including phenoxy) is 1. The summed E-state index contributed by atoms with van der Waals surface area (Å²) < 4.78 is 7.46. The van der Waals surface area contributed by atoms with Crippen molar-refractivity contribution in [3.63, 3.8) is 0 Å². The van der Waals surface area contributed by atoms with Gasteiger partial charge in [-0.3, -0.25) is 0 Å². The number of imidazole rings is 1. The van der Waals surface area contributed by atoms with Crippen LogP contribution in [0.5, 0.6) is 5.75 Å². The minimum absolute atomic E-state index is 0.00240. The van der Waals surface area contributed by atoms with Crippen molar-refractivity contribution in [2.45, 2.75) is 20.1 Å². The number of hydrogen-bond acceptors (Lipinski definition) is 4. The van der Waals surface area contributed by atoms with Gasteiger partial charge in [0.2, 0.25) is 0 Å². The van der Waals surface area contributed by atoms with Gasteiger partial charge in [0.05, 0.1) is 6.20 Å². The number of carbonyl (C=O) groups is 1. The highest BCUT2D eigenvalue weighted by Gasteiger charge is 2.05. The monoisotopic (exact) mass is 247 g/mol. The summed E-state index contributed by atoms with van der Waals surface area (Å²) in [7, 11) is 0. The lowest BCUT2D eigenvalue weighted by Crippen LogP contribution is -2.06. The molecule has 0 aliphatic rings. The van der Waals surface area contributed by atoms with Crippen LogP contribution in [0.25, 0.3) is 0 Å². The minimum atomic E-state index is -1.05. The van der Waals surface area contributed by atoms with Gasteiger partial charge in [0.15, 0.2) is 0 Å². The number of aryl methyl sites for hydroxylation is 1. The Kier molecular flexibility index (Phi) is 3.57. The van der Waals surface area contributed by atoms with Crippen LogP contribution in [0, 0.1) is 0 Å². The van der Waals surface area contributed by atoms with E-state index in [0.717, 1.165) is 12.4 Å². The topological polar surface area (TPSA) is 77.2 Å². The first-order chi connectivity index (χ1) is 8.70. The Balaban J connectivity index is 2.00. The van der Waals surface area contributed by atoms with Crippen LogP contribution in [-0.4, -0.2) is 25.6 Å². The molecule has 0 spiro atoms. The maximum Gasteiger partial charge on any atom is 0.354 e. The van der Waals surface area contributed by atoms with Crippen LogP contribution in [0.15, 0.2) is 30.7 Å². The Hall–Kier alpha value is -2.37. The van der Waals surface area contributed by atoms with Crippen molar-refractivity contribution in [1.29, 1.82) is 0 Å². The molecule has 18 heavy (non-hydrogen) atoms. The zero-order valence-corrected chi connectivity index (χ0v) is 9.91. The van der Waals surface area contributed by atoms with Crippen molar-refractivity contribution in [2.24, 2.45) is 0 Å². The third kappa shape index (κ3) is 2.65. The van der Waals surface area contributed by atoms with Crippen LogP contribution < -0.4 is 4.74 Å². The molecule has 0 aromatic carbocycles. The molecule has 2 rings (SSSR count). The molecule has 2 aromatic rings. The second-order valence-corrected chi connectivity index (χ2v) is 3.60. The van der Waals surface area contributed by atoms with Gasteiger partial charge in [0.25, 0.3) is 0 Å². The Bertz CT molecular complexity index is 534. The standard InChI is InChI=1S/C12H13N3O3/c1-2-15-6-5-13-11(15)8-18-9-3-4-10(12(16)17)14-7-9/h3-7H,2,8H2,1H3,(H,16,17). The van der Waals surface area contributed by atoms with E-state index in [1.54, 1.807) is 12.3 Å². The van der Waals surface area contributed by atoms with Crippen molar-refractivity contribution in [3.8, 4) is 5.75 Å². The molecular weight excluding hydrogens is 234 g/mol. The fourth-order valence-electron chi connectivity index (χ4n) is 1.51. The number of aromatic nitrogens is 3. The molecule has 0 atom stereocenters. The molecule has 0 bridgehead atoms. The third-order valence-electron chi connectivity index (χ3n) is 2.47. The summed E-state index contributed by atoms with van der Waals surface area (Å²) in [6.07, 6.45) is 4.99. The van der Waals surface area contributed by atoms with E-state index >= 15 is 0 Å². The number of carboxylic acids is 1. The lowest BCUT2D eigenvalue weighted by molar-refractivity contribution is 0.0690. The number of pyridine rings is 1. The molecule has 0 saturated carbocycles. The molecule has 0 radical (unpaired) electrons. The lowest BCUT2D eigenvalue weighted by Gasteiger charge is -2.07. The number of aromatic carboxylic acids is 1. The van der Waals surface area contributed by atoms with E-state index < -0.39 is 5.97 Å². The van der Waals surface area contributed by atoms with Gasteiger partial charge in [-0.1, -0.05) is 0 Å². The summed E-state index contributed by atoms with van der Waals surface area (Å²) in [6.45, 7) is 3.18. The molecule has 2 heterocycles. The fraction of sp³-hybridized carbons (Fsp3) is 0.250. The highest BCUT2D eigenvalue weighted by Crippen LogP contribution is 2.11. The van der Waals surface area contributed by atoms with E-state index in [-0.39, 0.29) is 5.69 Å². The van der Waals surface area contributed by atoms with Crippen molar-refractivity contribution < 1.29 is 14.6 Å². The van der Waals surface area contributed by atoms with Gasteiger partial charge >= 0.3 is 5.97 Å². The lowest BCUT2D eigenvalue weighted by atomic mass is 10.3. The molecular formula is C12H13N3O3. The molecule has 0 saturated heterocycles. The SMILES string of the molecule is CCn1ccnc1COc1ccc(C(=O)O)nc1. The van der Waals surface area contributed by atoms with Crippen LogP contribution in [0.4, 0.5) is 0 Å². The maximum absolute atomic E-state index is 10.6. The number of nitrogens with zero attached hydrogens (tertiary/aromatic N) is 3. The molecule has 0 amide bonds. The molecule has 0 fully saturated rings. The summed E-state index contributed by atoms with van der Waals surface area (Å²) in [5, 5.41) is 8.71. The van der Waals surface area contributed by atoms with Crippen molar-refractivity contribution in [1.82, 2.24) is 14.5 Å². The van der Waals surface area contributed by atoms with Gasteiger partial charge in [-0.05, 0) is 19.1 Å². The molecule has 6 heteroatoms. The molecule has 0 unspecified atom stereocenters. The number of rotatable bonds is 5. The maximum atomic E-state index is 10.6. The average molecular weight is 247 g/mol. The Labute approximate surface area is 104 Å². The molecule has 1 N–H and O–H groups in total. The van der Waals surface area contributed by atoms with Gasteiger partial charge in [0, 0.05) is 18.9 Å². The first-order valence-electron chi connectivity index (χ1n) is 5.53. The Morgan fingerprint density at radius 1 is 1.44 bits per heavy atom. The Morgan fingerprint density at radius 3 is 2.89 bits per heavy atom. The number of carboxylic acid groups (broad SMARTS) is 1. The van der Waals surface area contributed by atoms with Gasteiger partial charge in [-0.25, -0.2) is 14.8 Å². The zero-order valence-electron chi connectivity index (χ0n) is 9.91. The van der Waals surface area contributed by atoms with Crippen molar-refractivity contribution in [3.05, 3.63) is 42.2 Å². The summed E-state index contributed by atoms with van der Waals surface area (Å²) in [6, 6.07) is 2.99. The molecule has 94 valence electrons. The molecule has 6 nitrogen and oxygen atoms in total. The smallest absolute Gasteiger partial charge is 0.354 e. The summed E-state index contributed by atoms with van der Waals surface area (Å²) in [5.74, 6) is 0.286. The highest BCUT2D eigenvalue weighted by molar-refractivity contribution is 5.85. The summed E-state index contributed by atoms with van der Waals surface area (Å²) in [5.41, 5.74) is -0.00240. The zero-order chi connectivity index (χ0) is 13.0. The first kappa shape index (κ1) is 12.1. The van der Waals surface area contributed by atoms with E-state index in [4.69, 9.17) is 9.84 Å². The van der Waals surface area contributed by atoms with E-state index in [0.29, 0.717) is 12.4 Å². The Morgan fingerprint density at radius 2 is 2.28 bits per heavy atom. The predicted octanol–water partition coefficient (Wildman–Crippen LogP) is 1.58. The van der Waals surface area contributed by atoms with Crippen LogP contribution in [0.3, 0.4) is 0 Å². The van der Waals surface area contributed by atoms with Crippen LogP contribution in [0.1, 0.15) is 23.2 Å². The summed E-state index contributed by atoms with van der Waals surface area (Å²) in [4.78, 5) is 18.6.